The summed E-state index contributed by atoms with van der Waals surface area (Å²) in [4.78, 5) is 16.1. The summed E-state index contributed by atoms with van der Waals surface area (Å²) >= 11 is 0. The molecule has 2 aliphatic heterocycles. The van der Waals surface area contributed by atoms with Crippen LogP contribution in [-0.2, 0) is 0 Å². The van der Waals surface area contributed by atoms with Crippen LogP contribution >= 0.6 is 0 Å². The number of nitrogens with one attached hydrogen (secondary N) is 1. The van der Waals surface area contributed by atoms with Gasteiger partial charge in [-0.2, -0.15) is 0 Å². The number of hydrogen-bond acceptors (Lipinski definition) is 2. The maximum absolute atomic E-state index is 11.6. The number of rotatable bonds is 2. The highest BCUT2D eigenvalue weighted by atomic mass is 16.2. The molecule has 17 heavy (non-hydrogen) atoms. The zero-order chi connectivity index (χ0) is 12.5. The van der Waals surface area contributed by atoms with Crippen molar-refractivity contribution in [2.45, 2.75) is 39.7 Å². The summed E-state index contributed by atoms with van der Waals surface area (Å²) in [5.74, 6) is 0. The summed E-state index contributed by atoms with van der Waals surface area (Å²) < 4.78 is 0. The molecule has 0 radical (unpaired) electrons. The standard InChI is InChI=1S/C13H25N3O/c1-4-14-12(17)16-9-13(10-16)5-7-15(8-6-13)11(2)3/h11H,4-10H2,1-3H3,(H,14,17). The van der Waals surface area contributed by atoms with Gasteiger partial charge in [0.25, 0.3) is 0 Å². The van der Waals surface area contributed by atoms with Crippen molar-refractivity contribution in [3.8, 4) is 0 Å². The molecule has 2 rings (SSSR count). The number of amides is 2. The quantitative estimate of drug-likeness (QED) is 0.793. The van der Waals surface area contributed by atoms with Crippen molar-refractivity contribution in [1.82, 2.24) is 15.1 Å². The average Bonchev–Trinajstić information content (AvgIpc) is 2.26. The molecule has 0 atom stereocenters. The summed E-state index contributed by atoms with van der Waals surface area (Å²) in [6.45, 7) is 11.5. The predicted molar refractivity (Wildman–Crippen MR) is 69.0 cm³/mol. The third-order valence-electron chi connectivity index (χ3n) is 4.26. The van der Waals surface area contributed by atoms with E-state index in [1.807, 2.05) is 11.8 Å². The van der Waals surface area contributed by atoms with Gasteiger partial charge in [0, 0.05) is 31.1 Å². The van der Waals surface area contributed by atoms with E-state index in [1.165, 1.54) is 25.9 Å². The van der Waals surface area contributed by atoms with Gasteiger partial charge in [0.2, 0.25) is 0 Å². The van der Waals surface area contributed by atoms with Crippen molar-refractivity contribution in [2.75, 3.05) is 32.7 Å². The van der Waals surface area contributed by atoms with E-state index in [9.17, 15) is 4.79 Å². The highest BCUT2D eigenvalue weighted by Crippen LogP contribution is 2.40. The molecular formula is C13H25N3O. The summed E-state index contributed by atoms with van der Waals surface area (Å²) in [6, 6.07) is 0.774. The predicted octanol–water partition coefficient (Wildman–Crippen LogP) is 1.52. The second-order valence-electron chi connectivity index (χ2n) is 5.82. The largest absolute Gasteiger partial charge is 0.338 e. The number of carbonyl (C=O) groups is 1. The lowest BCUT2D eigenvalue weighted by atomic mass is 9.72. The fraction of sp³-hybridized carbons (Fsp3) is 0.923. The van der Waals surface area contributed by atoms with Crippen LogP contribution in [0.1, 0.15) is 33.6 Å². The number of hydrogen-bond donors (Lipinski definition) is 1. The lowest BCUT2D eigenvalue weighted by Crippen LogP contribution is -2.63. The van der Waals surface area contributed by atoms with Gasteiger partial charge in [0.1, 0.15) is 0 Å². The number of likely N-dealkylation sites (tertiary alicyclic amines) is 2. The molecule has 2 heterocycles. The van der Waals surface area contributed by atoms with E-state index in [2.05, 4.69) is 24.1 Å². The zero-order valence-electron chi connectivity index (χ0n) is 11.3. The molecule has 4 nitrogen and oxygen atoms in total. The van der Waals surface area contributed by atoms with Gasteiger partial charge in [-0.3, -0.25) is 0 Å². The molecule has 0 unspecified atom stereocenters. The molecule has 2 aliphatic rings. The van der Waals surface area contributed by atoms with E-state index < -0.39 is 0 Å². The van der Waals surface area contributed by atoms with Crippen molar-refractivity contribution in [2.24, 2.45) is 5.41 Å². The molecule has 2 fully saturated rings. The normalized spacial score (nSPS) is 23.9. The Balaban J connectivity index is 1.77. The highest BCUT2D eigenvalue weighted by molar-refractivity contribution is 5.75. The van der Waals surface area contributed by atoms with Crippen molar-refractivity contribution in [3.05, 3.63) is 0 Å². The maximum atomic E-state index is 11.6. The topological polar surface area (TPSA) is 35.6 Å². The van der Waals surface area contributed by atoms with Crippen LogP contribution in [0.5, 0.6) is 0 Å². The number of nitrogens with zero attached hydrogens (tertiary/aromatic N) is 2. The SMILES string of the molecule is CCNC(=O)N1CC2(CCN(C(C)C)CC2)C1. The Labute approximate surface area is 104 Å². The number of urea groups is 1. The molecule has 0 aliphatic carbocycles. The Morgan fingerprint density at radius 2 is 1.88 bits per heavy atom. The van der Waals surface area contributed by atoms with Crippen LogP contribution in [0.3, 0.4) is 0 Å². The second kappa shape index (κ2) is 4.84. The van der Waals surface area contributed by atoms with E-state index in [0.717, 1.165) is 19.6 Å². The Kier molecular flexibility index (Phi) is 3.61. The van der Waals surface area contributed by atoms with E-state index >= 15 is 0 Å². The lowest BCUT2D eigenvalue weighted by molar-refractivity contribution is -0.0275. The third kappa shape index (κ3) is 2.57. The Hall–Kier alpha value is -0.770. The fourth-order valence-electron chi connectivity index (χ4n) is 3.00. The second-order valence-corrected chi connectivity index (χ2v) is 5.82. The molecule has 98 valence electrons. The smallest absolute Gasteiger partial charge is 0.317 e. The minimum absolute atomic E-state index is 0.115. The van der Waals surface area contributed by atoms with Crippen LogP contribution in [-0.4, -0.2) is 54.6 Å². The van der Waals surface area contributed by atoms with Crippen molar-refractivity contribution >= 4 is 6.03 Å². The summed E-state index contributed by atoms with van der Waals surface area (Å²) in [5.41, 5.74) is 0.441. The lowest BCUT2D eigenvalue weighted by Gasteiger charge is -2.54. The first-order valence-electron chi connectivity index (χ1n) is 6.83. The Morgan fingerprint density at radius 1 is 1.29 bits per heavy atom. The van der Waals surface area contributed by atoms with Gasteiger partial charge in [0.15, 0.2) is 0 Å². The van der Waals surface area contributed by atoms with Crippen LogP contribution in [0, 0.1) is 5.41 Å². The van der Waals surface area contributed by atoms with Crippen molar-refractivity contribution < 1.29 is 4.79 Å². The van der Waals surface area contributed by atoms with Gasteiger partial charge in [-0.15, -0.1) is 0 Å². The molecule has 0 aromatic heterocycles. The van der Waals surface area contributed by atoms with Crippen molar-refractivity contribution in [1.29, 1.82) is 0 Å². The van der Waals surface area contributed by atoms with Gasteiger partial charge >= 0.3 is 6.03 Å². The monoisotopic (exact) mass is 239 g/mol. The van der Waals surface area contributed by atoms with Crippen LogP contribution in [0.2, 0.25) is 0 Å². The van der Waals surface area contributed by atoms with Gasteiger partial charge in [-0.1, -0.05) is 0 Å². The first kappa shape index (κ1) is 12.7. The van der Waals surface area contributed by atoms with Gasteiger partial charge in [-0.25, -0.2) is 4.79 Å². The third-order valence-corrected chi connectivity index (χ3v) is 4.26. The first-order valence-corrected chi connectivity index (χ1v) is 6.83. The van der Waals surface area contributed by atoms with Crippen molar-refractivity contribution in [3.63, 3.8) is 0 Å². The highest BCUT2D eigenvalue weighted by Gasteiger charge is 2.46. The van der Waals surface area contributed by atoms with Crippen LogP contribution < -0.4 is 5.32 Å². The van der Waals surface area contributed by atoms with E-state index in [4.69, 9.17) is 0 Å². The fourth-order valence-corrected chi connectivity index (χ4v) is 3.00. The van der Waals surface area contributed by atoms with Crippen LogP contribution in [0.15, 0.2) is 0 Å². The molecule has 2 saturated heterocycles. The molecule has 1 N–H and O–H groups in total. The van der Waals surface area contributed by atoms with Crippen LogP contribution in [0.4, 0.5) is 4.79 Å². The van der Waals surface area contributed by atoms with E-state index in [1.54, 1.807) is 0 Å². The minimum Gasteiger partial charge on any atom is -0.338 e. The van der Waals surface area contributed by atoms with Gasteiger partial charge in [0.05, 0.1) is 0 Å². The summed E-state index contributed by atoms with van der Waals surface area (Å²) in [6.07, 6.45) is 2.50. The molecule has 0 aromatic carbocycles. The molecule has 0 bridgehead atoms. The maximum Gasteiger partial charge on any atom is 0.317 e. The Bertz CT molecular complexity index is 274. The molecule has 0 aromatic rings. The summed E-state index contributed by atoms with van der Waals surface area (Å²) in [7, 11) is 0. The first-order chi connectivity index (χ1) is 8.06. The number of carbonyl (C=O) groups excluding carboxylic acids is 1. The molecular weight excluding hydrogens is 214 g/mol. The number of piperidine rings is 1. The molecule has 1 spiro atoms. The van der Waals surface area contributed by atoms with Crippen LogP contribution in [0.25, 0.3) is 0 Å². The zero-order valence-corrected chi connectivity index (χ0v) is 11.3. The van der Waals surface area contributed by atoms with Gasteiger partial charge in [-0.05, 0) is 46.7 Å². The summed E-state index contributed by atoms with van der Waals surface area (Å²) in [5, 5.41) is 2.87. The Morgan fingerprint density at radius 3 is 2.35 bits per heavy atom. The average molecular weight is 239 g/mol. The molecule has 4 heteroatoms. The molecule has 0 saturated carbocycles. The molecule has 2 amide bonds. The van der Waals surface area contributed by atoms with E-state index in [-0.39, 0.29) is 6.03 Å². The van der Waals surface area contributed by atoms with Gasteiger partial charge < -0.3 is 15.1 Å². The van der Waals surface area contributed by atoms with E-state index in [0.29, 0.717) is 11.5 Å². The minimum atomic E-state index is 0.115.